The molecule has 0 aliphatic carbocycles. The monoisotopic (exact) mass is 641 g/mol. The van der Waals surface area contributed by atoms with Crippen LogP contribution in [-0.4, -0.2) is 42.2 Å². The van der Waals surface area contributed by atoms with Gasteiger partial charge < -0.3 is 14.2 Å². The normalized spacial score (nSPS) is 11.7. The third kappa shape index (κ3) is 5.96. The van der Waals surface area contributed by atoms with Crippen molar-refractivity contribution in [3.8, 4) is 11.5 Å². The Kier molecular flexibility index (Phi) is 8.34. The summed E-state index contributed by atoms with van der Waals surface area (Å²) in [7, 11) is 1.30. The second-order valence-corrected chi connectivity index (χ2v) is 10.4. The van der Waals surface area contributed by atoms with E-state index in [1.54, 1.807) is 18.3 Å². The lowest BCUT2D eigenvalue weighted by atomic mass is 9.95. The maximum absolute atomic E-state index is 13.3. The number of ether oxygens (including phenoxy) is 3. The number of aromatic nitrogens is 2. The van der Waals surface area contributed by atoms with Crippen LogP contribution in [0, 0.1) is 3.57 Å². The molecule has 0 fully saturated rings. The molecule has 0 amide bonds. The summed E-state index contributed by atoms with van der Waals surface area (Å²) in [4.78, 5) is 29.6. The summed E-state index contributed by atoms with van der Waals surface area (Å²) >= 11 is 5.52. The zero-order valence-corrected chi connectivity index (χ0v) is 23.3. The number of halogens is 2. The molecule has 0 unspecified atom stereocenters. The second kappa shape index (κ2) is 10.9. The van der Waals surface area contributed by atoms with Crippen molar-refractivity contribution in [2.24, 2.45) is 5.10 Å². The largest absolute Gasteiger partial charge is 0.490 e. The Balaban J connectivity index is 2.09. The lowest BCUT2D eigenvalue weighted by Gasteiger charge is -2.21. The van der Waals surface area contributed by atoms with Crippen molar-refractivity contribution >= 4 is 61.6 Å². The van der Waals surface area contributed by atoms with Crippen LogP contribution in [0.2, 0.25) is 0 Å². The molecule has 180 valence electrons. The molecule has 10 heteroatoms. The highest BCUT2D eigenvalue weighted by Gasteiger charge is 2.23. The molecular weight excluding hydrogens is 617 g/mol. The molecule has 0 saturated heterocycles. The predicted octanol–water partition coefficient (Wildman–Crippen LogP) is 4.89. The molecule has 0 aliphatic rings. The van der Waals surface area contributed by atoms with E-state index in [1.807, 2.05) is 45.9 Å². The Hall–Kier alpha value is -2.47. The fourth-order valence-electron chi connectivity index (χ4n) is 3.12. The van der Waals surface area contributed by atoms with E-state index in [9.17, 15) is 9.59 Å². The number of benzene rings is 2. The number of nitrogens with zero attached hydrogens (tertiary/aromatic N) is 3. The first-order valence-electron chi connectivity index (χ1n) is 10.5. The van der Waals surface area contributed by atoms with Gasteiger partial charge in [0.1, 0.15) is 5.82 Å². The molecule has 8 nitrogen and oxygen atoms in total. The highest BCUT2D eigenvalue weighted by Crippen LogP contribution is 2.34. The minimum atomic E-state index is -0.492. The van der Waals surface area contributed by atoms with E-state index in [4.69, 9.17) is 14.5 Å². The maximum atomic E-state index is 13.3. The van der Waals surface area contributed by atoms with Crippen molar-refractivity contribution in [3.05, 3.63) is 60.1 Å². The molecule has 3 aromatic rings. The molecule has 0 radical (unpaired) electrons. The molecule has 1 heterocycles. The van der Waals surface area contributed by atoms with Gasteiger partial charge in [-0.3, -0.25) is 4.79 Å². The van der Waals surface area contributed by atoms with Crippen molar-refractivity contribution in [1.29, 1.82) is 0 Å². The molecule has 0 bridgehead atoms. The SMILES string of the molecule is CCOc1cc(C=Nn2c(C(C)(C)C)nc3ccc(Br)cc3c2=O)cc(I)c1OCC(=O)OC. The lowest BCUT2D eigenvalue weighted by Crippen LogP contribution is -2.29. The molecule has 2 aromatic carbocycles. The highest BCUT2D eigenvalue weighted by atomic mass is 127. The average molecular weight is 642 g/mol. The van der Waals surface area contributed by atoms with Crippen molar-refractivity contribution in [3.63, 3.8) is 0 Å². The van der Waals surface area contributed by atoms with Crippen LogP contribution in [0.25, 0.3) is 10.9 Å². The van der Waals surface area contributed by atoms with Gasteiger partial charge in [-0.05, 0) is 65.4 Å². The smallest absolute Gasteiger partial charge is 0.343 e. The molecule has 3 rings (SSSR count). The lowest BCUT2D eigenvalue weighted by molar-refractivity contribution is -0.142. The van der Waals surface area contributed by atoms with Gasteiger partial charge in [-0.2, -0.15) is 9.78 Å². The third-order valence-corrected chi connectivity index (χ3v) is 5.99. The standard InChI is InChI=1S/C24H25BrIN3O5/c1-6-33-19-10-14(9-17(26)21(19)34-13-20(30)32-5)12-27-29-22(31)16-11-15(25)7-8-18(16)28-23(29)24(2,3)4/h7-12H,6,13H2,1-5H3. The first-order chi connectivity index (χ1) is 16.0. The van der Waals surface area contributed by atoms with Gasteiger partial charge in [0.25, 0.3) is 5.56 Å². The minimum Gasteiger partial charge on any atom is -0.490 e. The summed E-state index contributed by atoms with van der Waals surface area (Å²) in [5.74, 6) is 0.952. The van der Waals surface area contributed by atoms with Crippen molar-refractivity contribution < 1.29 is 19.0 Å². The third-order valence-electron chi connectivity index (χ3n) is 4.70. The van der Waals surface area contributed by atoms with Crippen LogP contribution in [0.15, 0.2) is 44.7 Å². The van der Waals surface area contributed by atoms with Crippen molar-refractivity contribution in [2.45, 2.75) is 33.1 Å². The first kappa shape index (κ1) is 26.1. The van der Waals surface area contributed by atoms with Crippen LogP contribution >= 0.6 is 38.5 Å². The number of fused-ring (bicyclic) bond motifs is 1. The minimum absolute atomic E-state index is 0.233. The summed E-state index contributed by atoms with van der Waals surface area (Å²) in [5, 5.41) is 4.98. The quantitative estimate of drug-likeness (QED) is 0.207. The number of hydrogen-bond acceptors (Lipinski definition) is 7. The number of carbonyl (C=O) groups excluding carboxylic acids is 1. The Morgan fingerprint density at radius 1 is 1.24 bits per heavy atom. The number of rotatable bonds is 7. The van der Waals surface area contributed by atoms with Gasteiger partial charge in [0.2, 0.25) is 0 Å². The van der Waals surface area contributed by atoms with E-state index in [2.05, 4.69) is 48.4 Å². The Labute approximate surface area is 219 Å². The summed E-state index contributed by atoms with van der Waals surface area (Å²) in [6, 6.07) is 8.98. The van der Waals surface area contributed by atoms with E-state index in [1.165, 1.54) is 11.8 Å². The van der Waals surface area contributed by atoms with E-state index in [-0.39, 0.29) is 12.2 Å². The second-order valence-electron chi connectivity index (χ2n) is 8.34. The van der Waals surface area contributed by atoms with Gasteiger partial charge in [0.05, 0.1) is 34.4 Å². The van der Waals surface area contributed by atoms with Crippen molar-refractivity contribution in [1.82, 2.24) is 9.66 Å². The molecular formula is C24H25BrIN3O5. The van der Waals surface area contributed by atoms with Crippen LogP contribution in [0.3, 0.4) is 0 Å². The maximum Gasteiger partial charge on any atom is 0.343 e. The molecule has 0 atom stereocenters. The van der Waals surface area contributed by atoms with Gasteiger partial charge in [-0.25, -0.2) is 9.78 Å². The topological polar surface area (TPSA) is 92.0 Å². The highest BCUT2D eigenvalue weighted by molar-refractivity contribution is 14.1. The van der Waals surface area contributed by atoms with Crippen molar-refractivity contribution in [2.75, 3.05) is 20.3 Å². The van der Waals surface area contributed by atoms with E-state index >= 15 is 0 Å². The van der Waals surface area contributed by atoms with Crippen LogP contribution in [0.1, 0.15) is 39.1 Å². The van der Waals surface area contributed by atoms with Gasteiger partial charge in [-0.15, -0.1) is 0 Å². The Morgan fingerprint density at radius 2 is 1.97 bits per heavy atom. The van der Waals surface area contributed by atoms with Gasteiger partial charge in [0, 0.05) is 9.89 Å². The van der Waals surface area contributed by atoms with Crippen LogP contribution < -0.4 is 15.0 Å². The van der Waals surface area contributed by atoms with Crippen LogP contribution in [0.4, 0.5) is 0 Å². The summed E-state index contributed by atoms with van der Waals surface area (Å²) in [6.45, 7) is 7.97. The molecule has 1 aromatic heterocycles. The van der Waals surface area contributed by atoms with Crippen LogP contribution in [0.5, 0.6) is 11.5 Å². The number of methoxy groups -OCH3 is 1. The first-order valence-corrected chi connectivity index (χ1v) is 12.4. The number of carbonyl (C=O) groups is 1. The summed E-state index contributed by atoms with van der Waals surface area (Å²) in [5.41, 5.74) is 0.628. The predicted molar refractivity (Wildman–Crippen MR) is 143 cm³/mol. The fourth-order valence-corrected chi connectivity index (χ4v) is 4.26. The van der Waals surface area contributed by atoms with Gasteiger partial charge in [0.15, 0.2) is 18.1 Å². The fraction of sp³-hybridized carbons (Fsp3) is 0.333. The van der Waals surface area contributed by atoms with Crippen LogP contribution in [-0.2, 0) is 14.9 Å². The molecule has 0 saturated carbocycles. The number of esters is 1. The van der Waals surface area contributed by atoms with Gasteiger partial charge >= 0.3 is 5.97 Å². The number of hydrogen-bond donors (Lipinski definition) is 0. The summed E-state index contributed by atoms with van der Waals surface area (Å²) < 4.78 is 18.8. The molecule has 34 heavy (non-hydrogen) atoms. The molecule has 0 N–H and O–H groups in total. The van der Waals surface area contributed by atoms with E-state index in [0.29, 0.717) is 40.4 Å². The average Bonchev–Trinajstić information content (AvgIpc) is 2.77. The van der Waals surface area contributed by atoms with E-state index < -0.39 is 11.4 Å². The van der Waals surface area contributed by atoms with E-state index in [0.717, 1.165) is 8.04 Å². The zero-order valence-electron chi connectivity index (χ0n) is 19.5. The zero-order chi connectivity index (χ0) is 25.0. The molecule has 0 spiro atoms. The molecule has 0 aliphatic heterocycles. The van der Waals surface area contributed by atoms with Gasteiger partial charge in [-0.1, -0.05) is 36.7 Å². The summed E-state index contributed by atoms with van der Waals surface area (Å²) in [6.07, 6.45) is 1.58. The Morgan fingerprint density at radius 3 is 2.62 bits per heavy atom. The Bertz CT molecular complexity index is 1310.